The quantitative estimate of drug-likeness (QED) is 0.718. The van der Waals surface area contributed by atoms with E-state index in [1.165, 1.54) is 16.7 Å². The maximum atomic E-state index is 4.71. The lowest BCUT2D eigenvalue weighted by Gasteiger charge is -2.39. The number of H-pyrrole nitrogens is 1. The van der Waals surface area contributed by atoms with Gasteiger partial charge in [-0.1, -0.05) is 37.3 Å². The molecule has 3 heterocycles. The first kappa shape index (κ1) is 19.4. The molecule has 3 aromatic rings. The Hall–Kier alpha value is -2.37. The van der Waals surface area contributed by atoms with E-state index in [4.69, 9.17) is 4.98 Å². The molecule has 27 heavy (non-hydrogen) atoms. The molecule has 1 aliphatic rings. The van der Waals surface area contributed by atoms with Crippen LogP contribution in [0.4, 0.5) is 5.82 Å². The van der Waals surface area contributed by atoms with E-state index < -0.39 is 0 Å². The molecule has 0 amide bonds. The van der Waals surface area contributed by atoms with Crippen molar-refractivity contribution in [2.75, 3.05) is 31.1 Å². The fourth-order valence-corrected chi connectivity index (χ4v) is 3.89. The van der Waals surface area contributed by atoms with Gasteiger partial charge in [0, 0.05) is 55.7 Å². The van der Waals surface area contributed by atoms with E-state index in [1.54, 1.807) is 0 Å². The minimum Gasteiger partial charge on any atom is -0.354 e. The number of benzene rings is 1. The van der Waals surface area contributed by atoms with Crippen LogP contribution in [0.25, 0.3) is 11.1 Å². The van der Waals surface area contributed by atoms with Crippen molar-refractivity contribution in [1.82, 2.24) is 20.1 Å². The van der Waals surface area contributed by atoms with Crippen molar-refractivity contribution in [3.05, 3.63) is 66.6 Å². The van der Waals surface area contributed by atoms with Crippen molar-refractivity contribution >= 4 is 18.2 Å². The van der Waals surface area contributed by atoms with Gasteiger partial charge < -0.3 is 4.90 Å². The predicted molar refractivity (Wildman–Crippen MR) is 112 cm³/mol. The lowest BCUT2D eigenvalue weighted by atomic mass is 10.0. The molecule has 0 spiro atoms. The van der Waals surface area contributed by atoms with Crippen molar-refractivity contribution in [2.24, 2.45) is 0 Å². The van der Waals surface area contributed by atoms with E-state index >= 15 is 0 Å². The van der Waals surface area contributed by atoms with Crippen LogP contribution in [0.5, 0.6) is 0 Å². The molecule has 1 N–H and O–H groups in total. The Morgan fingerprint density at radius 2 is 1.81 bits per heavy atom. The Kier molecular flexibility index (Phi) is 6.48. The Labute approximate surface area is 166 Å². The molecule has 1 saturated heterocycles. The molecule has 1 aliphatic heterocycles. The Morgan fingerprint density at radius 3 is 2.48 bits per heavy atom. The second kappa shape index (κ2) is 9.02. The standard InChI is InChI=1S/C21H25N5.ClH/c1-2-20(18-15-23-24-16-18)25-11-13-26(14-12-25)21-19(9-6-10-22-21)17-7-4-3-5-8-17;/h3-10,15-16,20H,2,11-14H2,1H3,(H,23,24);1H. The molecule has 1 atom stereocenters. The van der Waals surface area contributed by atoms with Gasteiger partial charge in [-0.05, 0) is 24.1 Å². The molecule has 1 fully saturated rings. The number of pyridine rings is 1. The van der Waals surface area contributed by atoms with Crippen LogP contribution in [0.15, 0.2) is 61.1 Å². The minimum atomic E-state index is 0. The van der Waals surface area contributed by atoms with Gasteiger partial charge in [0.2, 0.25) is 0 Å². The largest absolute Gasteiger partial charge is 0.354 e. The van der Waals surface area contributed by atoms with Gasteiger partial charge in [-0.25, -0.2) is 4.98 Å². The summed E-state index contributed by atoms with van der Waals surface area (Å²) in [6, 6.07) is 15.2. The third-order valence-electron chi connectivity index (χ3n) is 5.22. The van der Waals surface area contributed by atoms with Gasteiger partial charge >= 0.3 is 0 Å². The van der Waals surface area contributed by atoms with E-state index in [0.717, 1.165) is 38.4 Å². The topological polar surface area (TPSA) is 48.1 Å². The highest BCUT2D eigenvalue weighted by Gasteiger charge is 2.26. The highest BCUT2D eigenvalue weighted by atomic mass is 35.5. The molecule has 2 aromatic heterocycles. The summed E-state index contributed by atoms with van der Waals surface area (Å²) in [5.41, 5.74) is 3.72. The number of nitrogens with one attached hydrogen (secondary N) is 1. The molecule has 5 nitrogen and oxygen atoms in total. The molecule has 1 unspecified atom stereocenters. The number of aromatic nitrogens is 3. The second-order valence-corrected chi connectivity index (χ2v) is 6.72. The van der Waals surface area contributed by atoms with Crippen LogP contribution in [0.2, 0.25) is 0 Å². The second-order valence-electron chi connectivity index (χ2n) is 6.72. The summed E-state index contributed by atoms with van der Waals surface area (Å²) < 4.78 is 0. The van der Waals surface area contributed by atoms with Gasteiger partial charge in [0.15, 0.2) is 0 Å². The van der Waals surface area contributed by atoms with Crippen molar-refractivity contribution in [3.8, 4) is 11.1 Å². The van der Waals surface area contributed by atoms with Crippen LogP contribution in [0, 0.1) is 0 Å². The summed E-state index contributed by atoms with van der Waals surface area (Å²) in [5.74, 6) is 1.09. The molecule has 0 saturated carbocycles. The lowest BCUT2D eigenvalue weighted by Crippen LogP contribution is -2.48. The van der Waals surface area contributed by atoms with Gasteiger partial charge in [0.1, 0.15) is 5.82 Å². The summed E-state index contributed by atoms with van der Waals surface area (Å²) >= 11 is 0. The van der Waals surface area contributed by atoms with Crippen molar-refractivity contribution in [2.45, 2.75) is 19.4 Å². The molecule has 1 aromatic carbocycles. The lowest BCUT2D eigenvalue weighted by molar-refractivity contribution is 0.181. The van der Waals surface area contributed by atoms with Crippen LogP contribution in [0.3, 0.4) is 0 Å². The van der Waals surface area contributed by atoms with Gasteiger partial charge in [-0.3, -0.25) is 10.00 Å². The van der Waals surface area contributed by atoms with E-state index in [1.807, 2.05) is 24.7 Å². The highest BCUT2D eigenvalue weighted by Crippen LogP contribution is 2.31. The number of piperazine rings is 1. The van der Waals surface area contributed by atoms with Gasteiger partial charge in [0.25, 0.3) is 0 Å². The number of rotatable bonds is 5. The monoisotopic (exact) mass is 383 g/mol. The van der Waals surface area contributed by atoms with E-state index in [-0.39, 0.29) is 12.4 Å². The zero-order valence-corrected chi connectivity index (χ0v) is 16.4. The van der Waals surface area contributed by atoms with Crippen LogP contribution in [-0.2, 0) is 0 Å². The SMILES string of the molecule is CCC(c1cn[nH]c1)N1CCN(c2ncccc2-c2ccccc2)CC1.Cl. The first-order valence-electron chi connectivity index (χ1n) is 9.35. The van der Waals surface area contributed by atoms with Crippen molar-refractivity contribution in [3.63, 3.8) is 0 Å². The van der Waals surface area contributed by atoms with Gasteiger partial charge in [-0.2, -0.15) is 5.10 Å². The number of halogens is 1. The fourth-order valence-electron chi connectivity index (χ4n) is 3.89. The maximum absolute atomic E-state index is 4.71. The Balaban J connectivity index is 0.00000210. The first-order chi connectivity index (χ1) is 12.9. The van der Waals surface area contributed by atoms with E-state index in [9.17, 15) is 0 Å². The third-order valence-corrected chi connectivity index (χ3v) is 5.22. The summed E-state index contributed by atoms with van der Waals surface area (Å²) in [6.45, 7) is 6.30. The summed E-state index contributed by atoms with van der Waals surface area (Å²) in [4.78, 5) is 9.69. The number of hydrogen-bond donors (Lipinski definition) is 1. The molecule has 0 bridgehead atoms. The van der Waals surface area contributed by atoms with Crippen LogP contribution in [-0.4, -0.2) is 46.3 Å². The van der Waals surface area contributed by atoms with Gasteiger partial charge in [-0.15, -0.1) is 12.4 Å². The molecular formula is C21H26ClN5. The van der Waals surface area contributed by atoms with Crippen LogP contribution < -0.4 is 4.90 Å². The first-order valence-corrected chi connectivity index (χ1v) is 9.35. The van der Waals surface area contributed by atoms with Crippen LogP contribution >= 0.6 is 12.4 Å². The normalized spacial score (nSPS) is 16.0. The number of aromatic amines is 1. The van der Waals surface area contributed by atoms with Gasteiger partial charge in [0.05, 0.1) is 6.20 Å². The zero-order chi connectivity index (χ0) is 17.8. The summed E-state index contributed by atoms with van der Waals surface area (Å²) in [5, 5.41) is 7.07. The number of hydrogen-bond acceptors (Lipinski definition) is 4. The molecule has 6 heteroatoms. The Bertz CT molecular complexity index is 814. The van der Waals surface area contributed by atoms with E-state index in [0.29, 0.717) is 6.04 Å². The number of nitrogens with zero attached hydrogens (tertiary/aromatic N) is 4. The fraction of sp³-hybridized carbons (Fsp3) is 0.333. The predicted octanol–water partition coefficient (Wildman–Crippen LogP) is 4.17. The average Bonchev–Trinajstić information content (AvgIpc) is 3.24. The third kappa shape index (κ3) is 4.15. The molecular weight excluding hydrogens is 358 g/mol. The molecule has 4 rings (SSSR count). The Morgan fingerprint density at radius 1 is 1.04 bits per heavy atom. The van der Waals surface area contributed by atoms with Crippen molar-refractivity contribution < 1.29 is 0 Å². The van der Waals surface area contributed by atoms with Crippen molar-refractivity contribution in [1.29, 1.82) is 0 Å². The minimum absolute atomic E-state index is 0. The average molecular weight is 384 g/mol. The summed E-state index contributed by atoms with van der Waals surface area (Å²) in [7, 11) is 0. The smallest absolute Gasteiger partial charge is 0.136 e. The summed E-state index contributed by atoms with van der Waals surface area (Å²) in [6.07, 6.45) is 6.96. The molecule has 0 radical (unpaired) electrons. The molecule has 0 aliphatic carbocycles. The number of anilines is 1. The van der Waals surface area contributed by atoms with E-state index in [2.05, 4.69) is 63.3 Å². The zero-order valence-electron chi connectivity index (χ0n) is 15.6. The van der Waals surface area contributed by atoms with Crippen LogP contribution in [0.1, 0.15) is 24.9 Å². The molecule has 142 valence electrons. The maximum Gasteiger partial charge on any atom is 0.136 e. The highest BCUT2D eigenvalue weighted by molar-refractivity contribution is 5.85.